The first-order valence-electron chi connectivity index (χ1n) is 13.1. The van der Waals surface area contributed by atoms with Gasteiger partial charge in [-0.25, -0.2) is 4.39 Å². The van der Waals surface area contributed by atoms with Crippen LogP contribution in [-0.2, 0) is 16.0 Å². The molecule has 36 heavy (non-hydrogen) atoms. The van der Waals surface area contributed by atoms with Crippen LogP contribution in [0.3, 0.4) is 0 Å². The number of carbonyl (C=O) groups is 1. The number of alkyl halides is 1. The number of piperidine rings is 1. The molecule has 0 aliphatic carbocycles. The molecule has 1 aromatic heterocycles. The van der Waals surface area contributed by atoms with Gasteiger partial charge in [0.15, 0.2) is 0 Å². The Hall–Kier alpha value is -2.00. The lowest BCUT2D eigenvalue weighted by atomic mass is 9.86. The van der Waals surface area contributed by atoms with Gasteiger partial charge in [0.25, 0.3) is 5.91 Å². The Morgan fingerprint density at radius 1 is 1.28 bits per heavy atom. The Morgan fingerprint density at radius 2 is 2.08 bits per heavy atom. The fourth-order valence-electron chi connectivity index (χ4n) is 5.25. The maximum absolute atomic E-state index is 15.6. The van der Waals surface area contributed by atoms with Crippen molar-refractivity contribution in [2.24, 2.45) is 0 Å². The average Bonchev–Trinajstić information content (AvgIpc) is 3.40. The van der Waals surface area contributed by atoms with E-state index in [4.69, 9.17) is 9.47 Å². The molecule has 0 saturated carbocycles. The summed E-state index contributed by atoms with van der Waals surface area (Å²) in [4.78, 5) is 17.7. The molecule has 2 aliphatic rings. The Bertz CT molecular complexity index is 988. The van der Waals surface area contributed by atoms with Crippen LogP contribution in [0.1, 0.15) is 50.2 Å². The summed E-state index contributed by atoms with van der Waals surface area (Å²) in [5.41, 5.74) is 0.231. The molecular formula is C28H40FN3O3S. The second-order valence-corrected chi connectivity index (χ2v) is 11.3. The molecule has 0 unspecified atom stereocenters. The number of amides is 1. The summed E-state index contributed by atoms with van der Waals surface area (Å²) < 4.78 is 28.2. The number of halogens is 1. The van der Waals surface area contributed by atoms with Gasteiger partial charge in [-0.3, -0.25) is 9.69 Å². The predicted molar refractivity (Wildman–Crippen MR) is 142 cm³/mol. The van der Waals surface area contributed by atoms with Gasteiger partial charge in [0.05, 0.1) is 6.54 Å². The van der Waals surface area contributed by atoms with Gasteiger partial charge < -0.3 is 19.7 Å². The number of hydrogen-bond donors (Lipinski definition) is 1. The highest BCUT2D eigenvalue weighted by Gasteiger charge is 2.52. The van der Waals surface area contributed by atoms with Crippen LogP contribution in [-0.4, -0.2) is 79.4 Å². The van der Waals surface area contributed by atoms with Crippen LogP contribution >= 0.6 is 11.3 Å². The number of thiophene rings is 1. The van der Waals surface area contributed by atoms with Crippen LogP contribution in [0, 0.1) is 0 Å². The molecular weight excluding hydrogens is 477 g/mol. The Labute approximate surface area is 218 Å². The van der Waals surface area contributed by atoms with Crippen LogP contribution in [0.2, 0.25) is 0 Å². The largest absolute Gasteiger partial charge is 0.485 e. The Morgan fingerprint density at radius 3 is 2.78 bits per heavy atom. The van der Waals surface area contributed by atoms with Gasteiger partial charge in [0.1, 0.15) is 29.7 Å². The first-order chi connectivity index (χ1) is 17.3. The molecule has 3 heterocycles. The lowest BCUT2D eigenvalue weighted by Gasteiger charge is -2.51. The number of para-hydroxylation sites is 1. The second-order valence-electron chi connectivity index (χ2n) is 10.3. The maximum atomic E-state index is 15.6. The average molecular weight is 518 g/mol. The molecule has 6 nitrogen and oxygen atoms in total. The summed E-state index contributed by atoms with van der Waals surface area (Å²) in [5.74, 6) is 0.852. The SMILES string of the molecule is CNCC[C@@H](Oc1ccccc1CCN1CC[C@@]2(CN(C(C)C)C(=O)[C@@H](C)O2)[C@@H](F)C1)c1cccs1. The van der Waals surface area contributed by atoms with E-state index in [0.29, 0.717) is 19.5 Å². The zero-order chi connectivity index (χ0) is 25.7. The normalized spacial score (nSPS) is 26.1. The molecule has 0 radical (unpaired) electrons. The van der Waals surface area contributed by atoms with Gasteiger partial charge >= 0.3 is 0 Å². The summed E-state index contributed by atoms with van der Waals surface area (Å²) in [6.07, 6.45) is 0.510. The van der Waals surface area contributed by atoms with Crippen molar-refractivity contribution in [1.29, 1.82) is 0 Å². The summed E-state index contributed by atoms with van der Waals surface area (Å²) in [5, 5.41) is 5.31. The van der Waals surface area contributed by atoms with Gasteiger partial charge in [-0.15, -0.1) is 11.3 Å². The summed E-state index contributed by atoms with van der Waals surface area (Å²) in [6, 6.07) is 12.4. The van der Waals surface area contributed by atoms with Crippen LogP contribution in [0.4, 0.5) is 4.39 Å². The van der Waals surface area contributed by atoms with Crippen molar-refractivity contribution in [3.63, 3.8) is 0 Å². The number of rotatable bonds is 10. The molecule has 8 heteroatoms. The first kappa shape index (κ1) is 27.0. The highest BCUT2D eigenvalue weighted by atomic mass is 32.1. The second kappa shape index (κ2) is 12.0. The summed E-state index contributed by atoms with van der Waals surface area (Å²) in [6.45, 7) is 8.72. The van der Waals surface area contributed by atoms with Crippen molar-refractivity contribution in [1.82, 2.24) is 15.1 Å². The number of nitrogens with one attached hydrogen (secondary N) is 1. The van der Waals surface area contributed by atoms with Crippen molar-refractivity contribution in [3.05, 3.63) is 52.2 Å². The minimum Gasteiger partial charge on any atom is -0.485 e. The Kier molecular flexibility index (Phi) is 9.04. The van der Waals surface area contributed by atoms with Gasteiger partial charge in [-0.1, -0.05) is 24.3 Å². The zero-order valence-corrected chi connectivity index (χ0v) is 22.7. The van der Waals surface area contributed by atoms with Crippen molar-refractivity contribution in [2.75, 3.05) is 39.8 Å². The van der Waals surface area contributed by atoms with Gasteiger partial charge in [0.2, 0.25) is 0 Å². The number of likely N-dealkylation sites (tertiary alicyclic amines) is 1. The number of benzene rings is 1. The number of carbonyl (C=O) groups excluding carboxylic acids is 1. The van der Waals surface area contributed by atoms with Crippen LogP contribution in [0.25, 0.3) is 0 Å². The molecule has 0 bridgehead atoms. The van der Waals surface area contributed by atoms with E-state index in [2.05, 4.69) is 33.8 Å². The third-order valence-electron chi connectivity index (χ3n) is 7.40. The number of hydrogen-bond acceptors (Lipinski definition) is 6. The monoisotopic (exact) mass is 517 g/mol. The highest BCUT2D eigenvalue weighted by Crippen LogP contribution is 2.36. The van der Waals surface area contributed by atoms with Crippen molar-refractivity contribution >= 4 is 17.2 Å². The molecule has 2 aliphatic heterocycles. The Balaban J connectivity index is 1.38. The summed E-state index contributed by atoms with van der Waals surface area (Å²) >= 11 is 1.72. The molecule has 4 atom stereocenters. The first-order valence-corrected chi connectivity index (χ1v) is 14.0. The number of morpholine rings is 1. The molecule has 2 saturated heterocycles. The molecule has 1 aromatic carbocycles. The van der Waals surface area contributed by atoms with E-state index >= 15 is 4.39 Å². The fraction of sp³-hybridized carbons (Fsp3) is 0.607. The smallest absolute Gasteiger partial charge is 0.251 e. The molecule has 2 aromatic rings. The molecule has 1 amide bonds. The minimum atomic E-state index is -1.14. The lowest BCUT2D eigenvalue weighted by Crippen LogP contribution is -2.67. The quantitative estimate of drug-likeness (QED) is 0.504. The lowest BCUT2D eigenvalue weighted by molar-refractivity contribution is -0.209. The van der Waals surface area contributed by atoms with E-state index in [1.807, 2.05) is 39.1 Å². The third-order valence-corrected chi connectivity index (χ3v) is 8.36. The van der Waals surface area contributed by atoms with E-state index in [0.717, 1.165) is 43.8 Å². The minimum absolute atomic E-state index is 0.000667. The topological polar surface area (TPSA) is 54.0 Å². The highest BCUT2D eigenvalue weighted by molar-refractivity contribution is 7.10. The molecule has 1 N–H and O–H groups in total. The number of ether oxygens (including phenoxy) is 2. The molecule has 1 spiro atoms. The van der Waals surface area contributed by atoms with Gasteiger partial charge in [0, 0.05) is 37.0 Å². The molecule has 4 rings (SSSR count). The van der Waals surface area contributed by atoms with Gasteiger partial charge in [-0.2, -0.15) is 0 Å². The van der Waals surface area contributed by atoms with Crippen molar-refractivity contribution < 1.29 is 18.7 Å². The van der Waals surface area contributed by atoms with Crippen molar-refractivity contribution in [3.8, 4) is 5.75 Å². The molecule has 198 valence electrons. The maximum Gasteiger partial charge on any atom is 0.251 e. The van der Waals surface area contributed by atoms with Crippen molar-refractivity contribution in [2.45, 2.75) is 70.1 Å². The zero-order valence-electron chi connectivity index (χ0n) is 21.9. The molecule has 2 fully saturated rings. The third kappa shape index (κ3) is 6.10. The van der Waals surface area contributed by atoms with E-state index in [1.165, 1.54) is 4.88 Å². The number of nitrogens with zero attached hydrogens (tertiary/aromatic N) is 2. The van der Waals surface area contributed by atoms with E-state index in [9.17, 15) is 4.79 Å². The summed E-state index contributed by atoms with van der Waals surface area (Å²) in [7, 11) is 1.96. The van der Waals surface area contributed by atoms with E-state index in [1.54, 1.807) is 23.2 Å². The van der Waals surface area contributed by atoms with E-state index < -0.39 is 17.9 Å². The fourth-order valence-corrected chi connectivity index (χ4v) is 6.03. The van der Waals surface area contributed by atoms with E-state index in [-0.39, 0.29) is 18.1 Å². The van der Waals surface area contributed by atoms with Crippen LogP contribution in [0.15, 0.2) is 41.8 Å². The van der Waals surface area contributed by atoms with Gasteiger partial charge in [-0.05, 0) is 70.3 Å². The predicted octanol–water partition coefficient (Wildman–Crippen LogP) is 4.46. The standard InChI is InChI=1S/C28H40FN3O3S/c1-20(2)32-19-28(35-21(3)27(32)33)13-16-31(18-26(28)29)15-12-22-8-5-6-9-23(22)34-24(11-14-30-4)25-10-7-17-36-25/h5-10,17,20-21,24,26,30H,11-16,18-19H2,1-4H3/t21-,24-,26+,28-/m1/s1. The van der Waals surface area contributed by atoms with Crippen LogP contribution < -0.4 is 10.1 Å². The van der Waals surface area contributed by atoms with Crippen LogP contribution in [0.5, 0.6) is 5.75 Å².